The number of fused-ring (bicyclic) bond motifs is 1. The molecule has 0 fully saturated rings. The van der Waals surface area contributed by atoms with E-state index in [2.05, 4.69) is 10.3 Å². The number of non-ortho nitro benzene ring substituents is 1. The Kier molecular flexibility index (Phi) is 6.33. The molecule has 3 aromatic carbocycles. The number of anilines is 1. The van der Waals surface area contributed by atoms with E-state index in [1.54, 1.807) is 30.3 Å². The second kappa shape index (κ2) is 9.51. The van der Waals surface area contributed by atoms with Crippen molar-refractivity contribution < 1.29 is 24.4 Å². The van der Waals surface area contributed by atoms with Crippen LogP contribution in [0.5, 0.6) is 0 Å². The summed E-state index contributed by atoms with van der Waals surface area (Å²) in [4.78, 5) is 27.5. The summed E-state index contributed by atoms with van der Waals surface area (Å²) >= 11 is 0. The van der Waals surface area contributed by atoms with Crippen LogP contribution >= 0.6 is 0 Å². The Morgan fingerprint density at radius 3 is 2.47 bits per heavy atom. The number of aliphatic hydroxyl groups excluding tert-OH is 1. The smallest absolute Gasteiger partial charge is 0.271 e. The van der Waals surface area contributed by atoms with E-state index in [0.29, 0.717) is 27.9 Å². The van der Waals surface area contributed by atoms with Crippen molar-refractivity contribution in [2.24, 2.45) is 0 Å². The van der Waals surface area contributed by atoms with Crippen molar-refractivity contribution in [1.82, 2.24) is 9.71 Å². The van der Waals surface area contributed by atoms with E-state index in [0.717, 1.165) is 4.73 Å². The molecular formula is C24H19FN4O5. The molecule has 0 saturated carbocycles. The number of halogens is 1. The van der Waals surface area contributed by atoms with Gasteiger partial charge in [-0.25, -0.2) is 9.37 Å². The Morgan fingerprint density at radius 1 is 1.12 bits per heavy atom. The summed E-state index contributed by atoms with van der Waals surface area (Å²) in [7, 11) is 0. The zero-order valence-corrected chi connectivity index (χ0v) is 17.7. The molecule has 0 spiro atoms. The van der Waals surface area contributed by atoms with Crippen molar-refractivity contribution in [1.29, 1.82) is 0 Å². The van der Waals surface area contributed by atoms with Crippen molar-refractivity contribution in [3.63, 3.8) is 0 Å². The summed E-state index contributed by atoms with van der Waals surface area (Å²) in [5, 5.41) is 33.5. The molecule has 0 aliphatic heterocycles. The summed E-state index contributed by atoms with van der Waals surface area (Å²) < 4.78 is 13.9. The number of hydrogen-bond donors (Lipinski definition) is 3. The highest BCUT2D eigenvalue weighted by Crippen LogP contribution is 2.27. The summed E-state index contributed by atoms with van der Waals surface area (Å²) in [5.41, 5.74) is 2.35. The maximum Gasteiger partial charge on any atom is 0.271 e. The van der Waals surface area contributed by atoms with Crippen molar-refractivity contribution >= 4 is 34.4 Å². The first-order chi connectivity index (χ1) is 16.4. The van der Waals surface area contributed by atoms with Crippen LogP contribution in [0.1, 0.15) is 12.0 Å². The van der Waals surface area contributed by atoms with Crippen LogP contribution in [-0.4, -0.2) is 37.5 Å². The van der Waals surface area contributed by atoms with Gasteiger partial charge in [0.05, 0.1) is 10.4 Å². The number of nitro benzene ring substituents is 1. The molecule has 4 rings (SSSR count). The average Bonchev–Trinajstić information content (AvgIpc) is 3.16. The number of carbonyl (C=O) groups is 1. The monoisotopic (exact) mass is 462 g/mol. The number of imidazole rings is 1. The predicted molar refractivity (Wildman–Crippen MR) is 124 cm³/mol. The number of nitrogens with zero attached hydrogens (tertiary/aromatic N) is 3. The third-order valence-corrected chi connectivity index (χ3v) is 5.11. The van der Waals surface area contributed by atoms with Crippen LogP contribution in [-0.2, 0) is 4.79 Å². The number of benzene rings is 3. The van der Waals surface area contributed by atoms with E-state index in [1.165, 1.54) is 42.5 Å². The zero-order chi connectivity index (χ0) is 24.2. The SMILES string of the molecule is O=C(Nc1ccc(-c2nc3ccc([N+](=O)[O-])cc3n2O)cc1)C(=Cc1ccc(F)cc1)CCO. The molecule has 3 N–H and O–H groups in total. The van der Waals surface area contributed by atoms with Crippen molar-refractivity contribution in [3.05, 3.63) is 93.8 Å². The molecule has 9 nitrogen and oxygen atoms in total. The third-order valence-electron chi connectivity index (χ3n) is 5.11. The van der Waals surface area contributed by atoms with E-state index in [-0.39, 0.29) is 35.9 Å². The van der Waals surface area contributed by atoms with Crippen LogP contribution in [0.4, 0.5) is 15.8 Å². The third kappa shape index (κ3) is 4.76. The van der Waals surface area contributed by atoms with Crippen LogP contribution in [0.15, 0.2) is 72.3 Å². The van der Waals surface area contributed by atoms with E-state index < -0.39 is 10.8 Å². The number of amides is 1. The highest BCUT2D eigenvalue weighted by molar-refractivity contribution is 6.06. The number of rotatable bonds is 7. The topological polar surface area (TPSA) is 131 Å². The Labute approximate surface area is 192 Å². The maximum atomic E-state index is 13.1. The highest BCUT2D eigenvalue weighted by atomic mass is 19.1. The van der Waals surface area contributed by atoms with Gasteiger partial charge in [-0.05, 0) is 54.1 Å². The molecule has 0 radical (unpaired) electrons. The van der Waals surface area contributed by atoms with Gasteiger partial charge in [-0.3, -0.25) is 14.9 Å². The number of nitrogens with one attached hydrogen (secondary N) is 1. The highest BCUT2D eigenvalue weighted by Gasteiger charge is 2.16. The first-order valence-corrected chi connectivity index (χ1v) is 10.2. The van der Waals surface area contributed by atoms with Gasteiger partial charge in [0.1, 0.15) is 11.3 Å². The summed E-state index contributed by atoms with van der Waals surface area (Å²) in [6.45, 7) is -0.232. The first-order valence-electron chi connectivity index (χ1n) is 10.2. The molecule has 0 aliphatic carbocycles. The Morgan fingerprint density at radius 2 is 1.82 bits per heavy atom. The number of aromatic nitrogens is 2. The van der Waals surface area contributed by atoms with Gasteiger partial charge < -0.3 is 15.6 Å². The van der Waals surface area contributed by atoms with Gasteiger partial charge in [-0.15, -0.1) is 0 Å². The molecule has 34 heavy (non-hydrogen) atoms. The van der Waals surface area contributed by atoms with Crippen molar-refractivity contribution in [2.75, 3.05) is 11.9 Å². The van der Waals surface area contributed by atoms with Crippen molar-refractivity contribution in [2.45, 2.75) is 6.42 Å². The van der Waals surface area contributed by atoms with Crippen LogP contribution in [0, 0.1) is 15.9 Å². The largest absolute Gasteiger partial charge is 0.426 e. The lowest BCUT2D eigenvalue weighted by Crippen LogP contribution is -2.15. The normalized spacial score (nSPS) is 11.5. The van der Waals surface area contributed by atoms with Crippen LogP contribution in [0.3, 0.4) is 0 Å². The molecule has 1 aromatic heterocycles. The molecule has 0 saturated heterocycles. The lowest BCUT2D eigenvalue weighted by atomic mass is 10.1. The number of carbonyl (C=O) groups excluding carboxylic acids is 1. The molecule has 0 unspecified atom stereocenters. The van der Waals surface area contributed by atoms with E-state index in [1.807, 2.05) is 0 Å². The fraction of sp³-hybridized carbons (Fsp3) is 0.0833. The Hall–Kier alpha value is -4.57. The quantitative estimate of drug-likeness (QED) is 0.162. The molecule has 0 aliphatic rings. The van der Waals surface area contributed by atoms with Gasteiger partial charge >= 0.3 is 0 Å². The fourth-order valence-electron chi connectivity index (χ4n) is 3.40. The average molecular weight is 462 g/mol. The molecule has 0 atom stereocenters. The molecule has 10 heteroatoms. The number of hydrogen-bond acceptors (Lipinski definition) is 6. The van der Waals surface area contributed by atoms with Crippen LogP contribution in [0.25, 0.3) is 28.5 Å². The maximum absolute atomic E-state index is 13.1. The number of nitro groups is 1. The minimum Gasteiger partial charge on any atom is -0.426 e. The van der Waals surface area contributed by atoms with Gasteiger partial charge in [-0.1, -0.05) is 12.1 Å². The predicted octanol–water partition coefficient (Wildman–Crippen LogP) is 4.39. The minimum atomic E-state index is -0.556. The van der Waals surface area contributed by atoms with Crippen LogP contribution in [0.2, 0.25) is 0 Å². The summed E-state index contributed by atoms with van der Waals surface area (Å²) in [6.07, 6.45) is 1.69. The van der Waals surface area contributed by atoms with E-state index >= 15 is 0 Å². The molecule has 4 aromatic rings. The van der Waals surface area contributed by atoms with E-state index in [9.17, 15) is 29.6 Å². The second-order valence-corrected chi connectivity index (χ2v) is 7.40. The Bertz CT molecular complexity index is 1400. The molecule has 1 heterocycles. The van der Waals surface area contributed by atoms with Gasteiger partial charge in [-0.2, -0.15) is 4.73 Å². The van der Waals surface area contributed by atoms with Crippen molar-refractivity contribution in [3.8, 4) is 11.4 Å². The zero-order valence-electron chi connectivity index (χ0n) is 17.7. The molecular weight excluding hydrogens is 443 g/mol. The first kappa shape index (κ1) is 22.6. The standard InChI is InChI=1S/C24H19FN4O5/c25-18-5-1-15(2-6-18)13-17(11-12-30)24(31)26-19-7-3-16(4-8-19)23-27-21-10-9-20(29(33)34)14-22(21)28(23)32/h1-10,13-14,30,32H,11-12H2,(H,26,31). The minimum absolute atomic E-state index is 0.113. The Balaban J connectivity index is 1.55. The van der Waals surface area contributed by atoms with Gasteiger partial charge in [0.2, 0.25) is 0 Å². The van der Waals surface area contributed by atoms with E-state index in [4.69, 9.17) is 0 Å². The molecule has 1 amide bonds. The number of aliphatic hydroxyl groups is 1. The second-order valence-electron chi connectivity index (χ2n) is 7.40. The molecule has 0 bridgehead atoms. The van der Waals surface area contributed by atoms with Gasteiger partial charge in [0.25, 0.3) is 11.6 Å². The lowest BCUT2D eigenvalue weighted by Gasteiger charge is -2.09. The molecule has 172 valence electrons. The van der Waals surface area contributed by atoms with Gasteiger partial charge in [0, 0.05) is 42.0 Å². The summed E-state index contributed by atoms with van der Waals surface area (Å²) in [6, 6.07) is 16.1. The van der Waals surface area contributed by atoms with Gasteiger partial charge in [0.15, 0.2) is 5.82 Å². The lowest BCUT2D eigenvalue weighted by molar-refractivity contribution is -0.384. The fourth-order valence-corrected chi connectivity index (χ4v) is 3.40. The van der Waals surface area contributed by atoms with Crippen LogP contribution < -0.4 is 5.32 Å². The summed E-state index contributed by atoms with van der Waals surface area (Å²) in [5.74, 6) is -0.626.